The van der Waals surface area contributed by atoms with Gasteiger partial charge in [-0.25, -0.2) is 0 Å². The van der Waals surface area contributed by atoms with Gasteiger partial charge in [0.2, 0.25) is 0 Å². The SMILES string of the molecule is CCOC(CCCCCCCCCCCCNCCN)(OCC)OCC. The highest BCUT2D eigenvalue weighted by Gasteiger charge is 2.31. The number of nitrogens with two attached hydrogens (primary N) is 1. The summed E-state index contributed by atoms with van der Waals surface area (Å²) in [4.78, 5) is 0. The fourth-order valence-corrected chi connectivity index (χ4v) is 3.23. The highest BCUT2D eigenvalue weighted by molar-refractivity contribution is 4.59. The van der Waals surface area contributed by atoms with Crippen molar-refractivity contribution in [2.75, 3.05) is 39.5 Å². The van der Waals surface area contributed by atoms with Gasteiger partial charge in [0.25, 0.3) is 5.97 Å². The molecule has 0 bridgehead atoms. The van der Waals surface area contributed by atoms with Crippen LogP contribution < -0.4 is 11.1 Å². The van der Waals surface area contributed by atoms with Gasteiger partial charge in [0.1, 0.15) is 0 Å². The lowest BCUT2D eigenvalue weighted by Gasteiger charge is -2.32. The van der Waals surface area contributed by atoms with Gasteiger partial charge in [-0.2, -0.15) is 0 Å². The fourth-order valence-electron chi connectivity index (χ4n) is 3.23. The predicted molar refractivity (Wildman–Crippen MR) is 110 cm³/mol. The molecule has 0 aromatic heterocycles. The Morgan fingerprint density at radius 3 is 1.46 bits per heavy atom. The molecule has 158 valence electrons. The molecular formula is C21H46N2O3. The second-order valence-electron chi connectivity index (χ2n) is 6.81. The third-order valence-electron chi connectivity index (χ3n) is 4.50. The highest BCUT2D eigenvalue weighted by atomic mass is 16.9. The van der Waals surface area contributed by atoms with Crippen molar-refractivity contribution in [1.82, 2.24) is 5.32 Å². The van der Waals surface area contributed by atoms with Gasteiger partial charge in [-0.15, -0.1) is 0 Å². The van der Waals surface area contributed by atoms with Gasteiger partial charge in [0, 0.05) is 39.3 Å². The quantitative estimate of drug-likeness (QED) is 0.227. The molecule has 0 aliphatic carbocycles. The van der Waals surface area contributed by atoms with Crippen molar-refractivity contribution >= 4 is 0 Å². The van der Waals surface area contributed by atoms with Crippen molar-refractivity contribution in [3.05, 3.63) is 0 Å². The molecule has 0 amide bonds. The highest BCUT2D eigenvalue weighted by Crippen LogP contribution is 2.24. The molecule has 0 radical (unpaired) electrons. The Labute approximate surface area is 162 Å². The summed E-state index contributed by atoms with van der Waals surface area (Å²) in [5.41, 5.74) is 5.45. The number of rotatable bonds is 21. The Hall–Kier alpha value is -0.200. The zero-order chi connectivity index (χ0) is 19.3. The Bertz CT molecular complexity index is 261. The van der Waals surface area contributed by atoms with E-state index in [9.17, 15) is 0 Å². The van der Waals surface area contributed by atoms with E-state index in [0.717, 1.165) is 32.5 Å². The van der Waals surface area contributed by atoms with Crippen molar-refractivity contribution in [1.29, 1.82) is 0 Å². The molecule has 5 nitrogen and oxygen atoms in total. The van der Waals surface area contributed by atoms with Crippen LogP contribution in [-0.2, 0) is 14.2 Å². The van der Waals surface area contributed by atoms with Crippen LogP contribution in [0.2, 0.25) is 0 Å². The minimum absolute atomic E-state index is 0.614. The molecule has 0 saturated carbocycles. The molecule has 5 heteroatoms. The summed E-state index contributed by atoms with van der Waals surface area (Å²) < 4.78 is 17.3. The van der Waals surface area contributed by atoms with E-state index < -0.39 is 5.97 Å². The van der Waals surface area contributed by atoms with Gasteiger partial charge in [0.05, 0.1) is 0 Å². The standard InChI is InChI=1S/C21H46N2O3/c1-4-24-21(25-5-2,26-6-3)17-15-13-11-9-7-8-10-12-14-16-19-23-20-18-22/h23H,4-20,22H2,1-3H3. The number of nitrogens with one attached hydrogen (secondary N) is 1. The Morgan fingerprint density at radius 1 is 0.615 bits per heavy atom. The fraction of sp³-hybridized carbons (Fsp3) is 1.00. The Balaban J connectivity index is 3.52. The van der Waals surface area contributed by atoms with Crippen LogP contribution in [-0.4, -0.2) is 45.4 Å². The maximum atomic E-state index is 5.77. The van der Waals surface area contributed by atoms with Crippen LogP contribution in [0.3, 0.4) is 0 Å². The Morgan fingerprint density at radius 2 is 1.04 bits per heavy atom. The summed E-state index contributed by atoms with van der Waals surface area (Å²) in [6, 6.07) is 0. The molecule has 0 aliphatic rings. The van der Waals surface area contributed by atoms with E-state index in [1.165, 1.54) is 57.8 Å². The first-order valence-electron chi connectivity index (χ1n) is 11.1. The maximum absolute atomic E-state index is 5.77. The van der Waals surface area contributed by atoms with Crippen molar-refractivity contribution in [3.63, 3.8) is 0 Å². The van der Waals surface area contributed by atoms with Crippen LogP contribution in [0, 0.1) is 0 Å². The summed E-state index contributed by atoms with van der Waals surface area (Å²) in [7, 11) is 0. The van der Waals surface area contributed by atoms with E-state index in [1.54, 1.807) is 0 Å². The third-order valence-corrected chi connectivity index (χ3v) is 4.50. The molecule has 0 rings (SSSR count). The Kier molecular flexibility index (Phi) is 19.4. The number of hydrogen-bond donors (Lipinski definition) is 2. The first kappa shape index (κ1) is 25.8. The zero-order valence-electron chi connectivity index (χ0n) is 17.8. The summed E-state index contributed by atoms with van der Waals surface area (Å²) in [6.07, 6.45) is 13.9. The largest absolute Gasteiger partial charge is 0.329 e. The number of unbranched alkanes of at least 4 members (excludes halogenated alkanes) is 9. The van der Waals surface area contributed by atoms with Crippen LogP contribution in [0.4, 0.5) is 0 Å². The van der Waals surface area contributed by atoms with Crippen LogP contribution in [0.25, 0.3) is 0 Å². The van der Waals surface area contributed by atoms with Crippen LogP contribution >= 0.6 is 0 Å². The monoisotopic (exact) mass is 374 g/mol. The lowest BCUT2D eigenvalue weighted by atomic mass is 10.1. The minimum atomic E-state index is -0.822. The molecule has 0 spiro atoms. The number of hydrogen-bond acceptors (Lipinski definition) is 5. The lowest BCUT2D eigenvalue weighted by Crippen LogP contribution is -2.39. The first-order chi connectivity index (χ1) is 12.7. The first-order valence-corrected chi connectivity index (χ1v) is 11.1. The van der Waals surface area contributed by atoms with E-state index in [1.807, 2.05) is 20.8 Å². The second-order valence-corrected chi connectivity index (χ2v) is 6.81. The second kappa shape index (κ2) is 19.6. The normalized spacial score (nSPS) is 12.0. The summed E-state index contributed by atoms with van der Waals surface area (Å²) >= 11 is 0. The van der Waals surface area contributed by atoms with E-state index in [4.69, 9.17) is 19.9 Å². The van der Waals surface area contributed by atoms with Crippen LogP contribution in [0.15, 0.2) is 0 Å². The van der Waals surface area contributed by atoms with Crippen molar-refractivity contribution < 1.29 is 14.2 Å². The topological polar surface area (TPSA) is 65.7 Å². The summed E-state index contributed by atoms with van der Waals surface area (Å²) in [6.45, 7) is 10.6. The molecule has 0 fully saturated rings. The molecule has 0 aromatic carbocycles. The summed E-state index contributed by atoms with van der Waals surface area (Å²) in [5.74, 6) is -0.822. The molecule has 3 N–H and O–H groups in total. The van der Waals surface area contributed by atoms with E-state index in [-0.39, 0.29) is 0 Å². The molecule has 0 aromatic rings. The molecule has 26 heavy (non-hydrogen) atoms. The molecular weight excluding hydrogens is 328 g/mol. The van der Waals surface area contributed by atoms with Crippen LogP contribution in [0.1, 0.15) is 91.4 Å². The molecule has 0 unspecified atom stereocenters. The third kappa shape index (κ3) is 14.9. The molecule has 0 saturated heterocycles. The van der Waals surface area contributed by atoms with Crippen LogP contribution in [0.5, 0.6) is 0 Å². The molecule has 0 aliphatic heterocycles. The van der Waals surface area contributed by atoms with Gasteiger partial charge in [-0.1, -0.05) is 51.4 Å². The average molecular weight is 375 g/mol. The van der Waals surface area contributed by atoms with Gasteiger partial charge in [-0.05, 0) is 40.2 Å². The zero-order valence-corrected chi connectivity index (χ0v) is 17.8. The van der Waals surface area contributed by atoms with E-state index in [0.29, 0.717) is 19.8 Å². The summed E-state index contributed by atoms with van der Waals surface area (Å²) in [5, 5.41) is 3.35. The minimum Gasteiger partial charge on any atom is -0.329 e. The van der Waals surface area contributed by atoms with Crippen molar-refractivity contribution in [3.8, 4) is 0 Å². The molecule has 0 atom stereocenters. The van der Waals surface area contributed by atoms with E-state index >= 15 is 0 Å². The van der Waals surface area contributed by atoms with Crippen molar-refractivity contribution in [2.24, 2.45) is 5.73 Å². The van der Waals surface area contributed by atoms with Gasteiger partial charge >= 0.3 is 0 Å². The van der Waals surface area contributed by atoms with Gasteiger partial charge in [-0.3, -0.25) is 0 Å². The smallest absolute Gasteiger partial charge is 0.282 e. The van der Waals surface area contributed by atoms with Crippen molar-refractivity contribution in [2.45, 2.75) is 97.4 Å². The average Bonchev–Trinajstić information content (AvgIpc) is 2.63. The lowest BCUT2D eigenvalue weighted by molar-refractivity contribution is -0.380. The van der Waals surface area contributed by atoms with E-state index in [2.05, 4.69) is 5.32 Å². The molecule has 0 heterocycles. The van der Waals surface area contributed by atoms with Gasteiger partial charge < -0.3 is 25.3 Å². The van der Waals surface area contributed by atoms with Gasteiger partial charge in [0.15, 0.2) is 0 Å². The predicted octanol–water partition coefficient (Wildman–Crippen LogP) is 4.59. The maximum Gasteiger partial charge on any atom is 0.282 e. The number of ether oxygens (including phenoxy) is 3.